The average Bonchev–Trinajstić information content (AvgIpc) is 2.67. The molecule has 1 aliphatic heterocycles. The van der Waals surface area contributed by atoms with E-state index >= 15 is 0 Å². The molecule has 0 bridgehead atoms. The number of hydrogen-bond acceptors (Lipinski definition) is 5. The van der Waals surface area contributed by atoms with Crippen molar-refractivity contribution in [1.82, 2.24) is 14.9 Å². The summed E-state index contributed by atoms with van der Waals surface area (Å²) in [7, 11) is 0. The molecule has 1 aromatic heterocycles. The summed E-state index contributed by atoms with van der Waals surface area (Å²) in [5, 5.41) is 4.01. The van der Waals surface area contributed by atoms with E-state index in [4.69, 9.17) is 11.6 Å². The molecule has 1 N–H and O–H groups in total. The lowest BCUT2D eigenvalue weighted by atomic mass is 10.2. The summed E-state index contributed by atoms with van der Waals surface area (Å²) in [6.45, 7) is 7.04. The molecule has 138 valence electrons. The monoisotopic (exact) mass is 373 g/mol. The number of nitrogens with zero attached hydrogens (tertiary/aromatic N) is 4. The minimum Gasteiger partial charge on any atom is -0.368 e. The van der Waals surface area contributed by atoms with E-state index in [0.717, 1.165) is 30.2 Å². The van der Waals surface area contributed by atoms with Crippen LogP contribution in [0.5, 0.6) is 0 Å². The number of hydrogen-bond donors (Lipinski definition) is 1. The minimum atomic E-state index is -0.0506. The summed E-state index contributed by atoms with van der Waals surface area (Å²) in [4.78, 5) is 25.2. The number of halogens is 1. The van der Waals surface area contributed by atoms with E-state index in [1.165, 1.54) is 6.33 Å². The van der Waals surface area contributed by atoms with Crippen molar-refractivity contribution in [3.8, 4) is 0 Å². The van der Waals surface area contributed by atoms with Gasteiger partial charge in [-0.05, 0) is 31.5 Å². The highest BCUT2D eigenvalue weighted by Gasteiger charge is 2.23. The van der Waals surface area contributed by atoms with Gasteiger partial charge >= 0.3 is 0 Å². The second-order valence-electron chi connectivity index (χ2n) is 6.50. The Labute approximate surface area is 159 Å². The van der Waals surface area contributed by atoms with Crippen molar-refractivity contribution in [2.24, 2.45) is 0 Å². The van der Waals surface area contributed by atoms with Crippen molar-refractivity contribution < 1.29 is 4.79 Å². The van der Waals surface area contributed by atoms with Crippen LogP contribution in [-0.2, 0) is 0 Å². The van der Waals surface area contributed by atoms with E-state index in [1.807, 2.05) is 29.2 Å². The maximum atomic E-state index is 12.8. The normalized spacial score (nSPS) is 15.7. The molecular formula is C19H24ClN5O. The molecule has 0 saturated carbocycles. The molecule has 2 aromatic rings. The molecule has 1 aliphatic rings. The molecule has 0 spiro atoms. The van der Waals surface area contributed by atoms with Crippen molar-refractivity contribution in [1.29, 1.82) is 0 Å². The van der Waals surface area contributed by atoms with Crippen LogP contribution in [0.2, 0.25) is 5.02 Å². The van der Waals surface area contributed by atoms with Crippen LogP contribution in [0.3, 0.4) is 0 Å². The van der Waals surface area contributed by atoms with Gasteiger partial charge in [0.15, 0.2) is 0 Å². The number of piperazine rings is 1. The second kappa shape index (κ2) is 8.36. The van der Waals surface area contributed by atoms with Crippen LogP contribution in [-0.4, -0.2) is 53.0 Å². The van der Waals surface area contributed by atoms with Gasteiger partial charge in [0.25, 0.3) is 5.91 Å². The Morgan fingerprint density at radius 2 is 2.00 bits per heavy atom. The Morgan fingerprint density at radius 3 is 2.69 bits per heavy atom. The molecule has 26 heavy (non-hydrogen) atoms. The third-order valence-corrected chi connectivity index (χ3v) is 4.87. The Bertz CT molecular complexity index is 761. The zero-order valence-electron chi connectivity index (χ0n) is 15.2. The summed E-state index contributed by atoms with van der Waals surface area (Å²) in [5.41, 5.74) is 1.52. The fourth-order valence-corrected chi connectivity index (χ4v) is 3.09. The molecule has 7 heteroatoms. The maximum absolute atomic E-state index is 12.8. The van der Waals surface area contributed by atoms with Gasteiger partial charge in [-0.25, -0.2) is 9.97 Å². The van der Waals surface area contributed by atoms with Gasteiger partial charge < -0.3 is 15.1 Å². The third kappa shape index (κ3) is 4.43. The van der Waals surface area contributed by atoms with Crippen molar-refractivity contribution in [3.63, 3.8) is 0 Å². The van der Waals surface area contributed by atoms with E-state index in [0.29, 0.717) is 30.6 Å². The first-order chi connectivity index (χ1) is 12.6. The smallest absolute Gasteiger partial charge is 0.272 e. The van der Waals surface area contributed by atoms with E-state index in [1.54, 1.807) is 6.07 Å². The highest BCUT2D eigenvalue weighted by Crippen LogP contribution is 2.21. The first kappa shape index (κ1) is 18.5. The molecule has 6 nitrogen and oxygen atoms in total. The van der Waals surface area contributed by atoms with Gasteiger partial charge in [-0.3, -0.25) is 4.79 Å². The lowest BCUT2D eigenvalue weighted by Crippen LogP contribution is -2.49. The number of amides is 1. The largest absolute Gasteiger partial charge is 0.368 e. The molecule has 1 amide bonds. The molecule has 1 unspecified atom stereocenters. The molecular weight excluding hydrogens is 350 g/mol. The molecule has 1 atom stereocenters. The van der Waals surface area contributed by atoms with E-state index < -0.39 is 0 Å². The molecule has 3 rings (SSSR count). The lowest BCUT2D eigenvalue weighted by molar-refractivity contribution is 0.0740. The highest BCUT2D eigenvalue weighted by molar-refractivity contribution is 6.30. The topological polar surface area (TPSA) is 61.4 Å². The molecule has 0 aliphatic carbocycles. The Balaban J connectivity index is 1.62. The van der Waals surface area contributed by atoms with Gasteiger partial charge in [0.2, 0.25) is 0 Å². The van der Waals surface area contributed by atoms with E-state index in [-0.39, 0.29) is 5.91 Å². The molecule has 1 saturated heterocycles. The summed E-state index contributed by atoms with van der Waals surface area (Å²) >= 11 is 6.07. The van der Waals surface area contributed by atoms with Gasteiger partial charge in [-0.2, -0.15) is 0 Å². The number of nitrogens with one attached hydrogen (secondary N) is 1. The zero-order chi connectivity index (χ0) is 18.5. The molecule has 0 radical (unpaired) electrons. The van der Waals surface area contributed by atoms with Crippen LogP contribution >= 0.6 is 11.6 Å². The zero-order valence-corrected chi connectivity index (χ0v) is 15.9. The predicted molar refractivity (Wildman–Crippen MR) is 105 cm³/mol. The minimum absolute atomic E-state index is 0.0506. The van der Waals surface area contributed by atoms with E-state index in [2.05, 4.69) is 34.0 Å². The van der Waals surface area contributed by atoms with Crippen molar-refractivity contribution in [2.75, 3.05) is 36.4 Å². The maximum Gasteiger partial charge on any atom is 0.272 e. The summed E-state index contributed by atoms with van der Waals surface area (Å²) < 4.78 is 0. The van der Waals surface area contributed by atoms with Crippen LogP contribution in [0.25, 0.3) is 0 Å². The Morgan fingerprint density at radius 1 is 1.23 bits per heavy atom. The lowest BCUT2D eigenvalue weighted by Gasteiger charge is -2.36. The van der Waals surface area contributed by atoms with Crippen LogP contribution in [0.15, 0.2) is 36.7 Å². The van der Waals surface area contributed by atoms with Crippen molar-refractivity contribution >= 4 is 29.0 Å². The first-order valence-electron chi connectivity index (χ1n) is 8.95. The molecule has 2 heterocycles. The van der Waals surface area contributed by atoms with Crippen molar-refractivity contribution in [3.05, 3.63) is 47.4 Å². The van der Waals surface area contributed by atoms with Crippen LogP contribution in [0, 0.1) is 0 Å². The van der Waals surface area contributed by atoms with Crippen LogP contribution in [0.4, 0.5) is 11.5 Å². The number of rotatable bonds is 5. The molecule has 1 aromatic carbocycles. The Kier molecular flexibility index (Phi) is 5.93. The summed E-state index contributed by atoms with van der Waals surface area (Å²) in [6.07, 6.45) is 2.43. The second-order valence-corrected chi connectivity index (χ2v) is 6.94. The number of benzene rings is 1. The number of carbonyl (C=O) groups is 1. The standard InChI is InChI=1S/C19H24ClN5O/c1-3-14(2)23-18-12-17(21-13-22-18)19(26)25-9-7-24(8-10-25)16-6-4-5-15(20)11-16/h4-6,11-14H,3,7-10H2,1-2H3,(H,21,22,23). The Hall–Kier alpha value is -2.34. The van der Waals surface area contributed by atoms with Gasteiger partial charge in [0.1, 0.15) is 17.8 Å². The quantitative estimate of drug-likeness (QED) is 0.871. The van der Waals surface area contributed by atoms with Crippen LogP contribution in [0.1, 0.15) is 30.8 Å². The van der Waals surface area contributed by atoms with Crippen molar-refractivity contribution in [2.45, 2.75) is 26.3 Å². The van der Waals surface area contributed by atoms with Gasteiger partial charge in [-0.1, -0.05) is 24.6 Å². The van der Waals surface area contributed by atoms with Gasteiger partial charge in [0.05, 0.1) is 0 Å². The SMILES string of the molecule is CCC(C)Nc1cc(C(=O)N2CCN(c3cccc(Cl)c3)CC2)ncn1. The highest BCUT2D eigenvalue weighted by atomic mass is 35.5. The predicted octanol–water partition coefficient (Wildman–Crippen LogP) is 3.30. The fourth-order valence-electron chi connectivity index (χ4n) is 2.91. The first-order valence-corrected chi connectivity index (χ1v) is 9.33. The summed E-state index contributed by atoms with van der Waals surface area (Å²) in [6, 6.07) is 9.84. The summed E-state index contributed by atoms with van der Waals surface area (Å²) in [5.74, 6) is 0.639. The number of aromatic nitrogens is 2. The fraction of sp³-hybridized carbons (Fsp3) is 0.421. The number of carbonyl (C=O) groups excluding carboxylic acids is 1. The number of anilines is 2. The average molecular weight is 374 g/mol. The third-order valence-electron chi connectivity index (χ3n) is 4.63. The van der Waals surface area contributed by atoms with E-state index in [9.17, 15) is 4.79 Å². The molecule has 1 fully saturated rings. The van der Waals surface area contributed by atoms with Crippen LogP contribution < -0.4 is 10.2 Å². The van der Waals surface area contributed by atoms with Gasteiger partial charge in [0, 0.05) is 49.0 Å². The van der Waals surface area contributed by atoms with Gasteiger partial charge in [-0.15, -0.1) is 0 Å².